The minimum Gasteiger partial charge on any atom is -0.507 e. The summed E-state index contributed by atoms with van der Waals surface area (Å²) in [6, 6.07) is 9.16. The molecule has 2 rings (SSSR count). The van der Waals surface area contributed by atoms with E-state index in [1.54, 1.807) is 24.3 Å². The van der Waals surface area contributed by atoms with E-state index in [9.17, 15) is 10.2 Å². The van der Waals surface area contributed by atoms with Crippen LogP contribution in [0.4, 0.5) is 0 Å². The van der Waals surface area contributed by atoms with E-state index in [-0.39, 0.29) is 16.6 Å². The number of hydrogen-bond donors (Lipinski definition) is 4. The van der Waals surface area contributed by atoms with Gasteiger partial charge in [0.1, 0.15) is 11.5 Å². The maximum atomic E-state index is 9.63. The largest absolute Gasteiger partial charge is 0.507 e. The normalized spacial score (nSPS) is 11.1. The lowest BCUT2D eigenvalue weighted by Gasteiger charge is -2.03. The van der Waals surface area contributed by atoms with Gasteiger partial charge >= 0.3 is 0 Å². The van der Waals surface area contributed by atoms with Crippen molar-refractivity contribution in [2.75, 3.05) is 0 Å². The summed E-state index contributed by atoms with van der Waals surface area (Å²) in [6.45, 7) is 0. The van der Waals surface area contributed by atoms with Gasteiger partial charge in [-0.3, -0.25) is 10.9 Å². The van der Waals surface area contributed by atoms with Crippen LogP contribution in [0.5, 0.6) is 11.5 Å². The number of hydrazone groups is 2. The first-order chi connectivity index (χ1) is 11.5. The zero-order valence-electron chi connectivity index (χ0n) is 12.1. The summed E-state index contributed by atoms with van der Waals surface area (Å²) in [5.74, 6) is 0.0801. The highest BCUT2D eigenvalue weighted by Gasteiger charge is 2.00. The Kier molecular flexibility index (Phi) is 6.36. The third-order valence-corrected chi connectivity index (χ3v) is 3.37. The quantitative estimate of drug-likeness (QED) is 0.370. The van der Waals surface area contributed by atoms with Crippen LogP contribution in [0.15, 0.2) is 46.6 Å². The van der Waals surface area contributed by atoms with E-state index in [1.165, 1.54) is 24.6 Å². The van der Waals surface area contributed by atoms with Crippen LogP contribution in [0.25, 0.3) is 0 Å². The molecular formula is C15H12Cl2N4O2S. The molecular weight excluding hydrogens is 371 g/mol. The Morgan fingerprint density at radius 2 is 1.29 bits per heavy atom. The number of nitrogens with one attached hydrogen (secondary N) is 2. The topological polar surface area (TPSA) is 89.2 Å². The van der Waals surface area contributed by atoms with Crippen molar-refractivity contribution in [1.82, 2.24) is 10.9 Å². The maximum Gasteiger partial charge on any atom is 0.207 e. The molecule has 0 aliphatic carbocycles. The van der Waals surface area contributed by atoms with Crippen molar-refractivity contribution in [3.63, 3.8) is 0 Å². The van der Waals surface area contributed by atoms with Crippen LogP contribution in [-0.4, -0.2) is 27.8 Å². The zero-order valence-corrected chi connectivity index (χ0v) is 14.4. The summed E-state index contributed by atoms with van der Waals surface area (Å²) in [5, 5.41) is 28.0. The van der Waals surface area contributed by atoms with E-state index in [0.717, 1.165) is 0 Å². The fourth-order valence-electron chi connectivity index (χ4n) is 1.60. The second-order valence-corrected chi connectivity index (χ2v) is 5.76. The van der Waals surface area contributed by atoms with Crippen LogP contribution in [-0.2, 0) is 0 Å². The average Bonchev–Trinajstić information content (AvgIpc) is 2.54. The molecule has 0 bridgehead atoms. The molecule has 0 unspecified atom stereocenters. The lowest BCUT2D eigenvalue weighted by Crippen LogP contribution is -2.28. The lowest BCUT2D eigenvalue weighted by atomic mass is 10.2. The van der Waals surface area contributed by atoms with Crippen molar-refractivity contribution in [3.05, 3.63) is 57.6 Å². The molecule has 0 fully saturated rings. The summed E-state index contributed by atoms with van der Waals surface area (Å²) in [6.07, 6.45) is 2.73. The Morgan fingerprint density at radius 3 is 1.71 bits per heavy atom. The molecule has 0 saturated heterocycles. The van der Waals surface area contributed by atoms with Gasteiger partial charge in [0.15, 0.2) is 0 Å². The Morgan fingerprint density at radius 1 is 0.875 bits per heavy atom. The van der Waals surface area contributed by atoms with E-state index in [2.05, 4.69) is 21.1 Å². The molecule has 0 aromatic heterocycles. The Hall–Kier alpha value is -2.35. The highest BCUT2D eigenvalue weighted by Crippen LogP contribution is 2.20. The summed E-state index contributed by atoms with van der Waals surface area (Å²) in [5.41, 5.74) is 5.92. The second kappa shape index (κ2) is 8.49. The van der Waals surface area contributed by atoms with Crippen molar-refractivity contribution in [2.24, 2.45) is 10.2 Å². The molecule has 0 heterocycles. The number of aromatic hydroxyl groups is 2. The van der Waals surface area contributed by atoms with E-state index in [1.807, 2.05) is 0 Å². The zero-order chi connectivity index (χ0) is 17.5. The van der Waals surface area contributed by atoms with Crippen LogP contribution in [0.1, 0.15) is 11.1 Å². The molecule has 0 spiro atoms. The van der Waals surface area contributed by atoms with E-state index < -0.39 is 0 Å². The number of phenols is 2. The van der Waals surface area contributed by atoms with Gasteiger partial charge in [0.2, 0.25) is 5.11 Å². The van der Waals surface area contributed by atoms with Gasteiger partial charge in [0.05, 0.1) is 12.4 Å². The maximum absolute atomic E-state index is 9.63. The van der Waals surface area contributed by atoms with Gasteiger partial charge in [0.25, 0.3) is 0 Å². The monoisotopic (exact) mass is 382 g/mol. The van der Waals surface area contributed by atoms with E-state index in [4.69, 9.17) is 35.4 Å². The van der Waals surface area contributed by atoms with Crippen molar-refractivity contribution in [2.45, 2.75) is 0 Å². The van der Waals surface area contributed by atoms with Gasteiger partial charge in [-0.15, -0.1) is 0 Å². The van der Waals surface area contributed by atoms with Gasteiger partial charge in [0, 0.05) is 21.2 Å². The summed E-state index contributed by atoms with van der Waals surface area (Å²) < 4.78 is 0. The predicted octanol–water partition coefficient (Wildman–Crippen LogP) is 3.24. The van der Waals surface area contributed by atoms with Gasteiger partial charge in [-0.2, -0.15) is 10.2 Å². The second-order valence-electron chi connectivity index (χ2n) is 4.48. The molecule has 0 aliphatic heterocycles. The highest BCUT2D eigenvalue weighted by atomic mass is 35.5. The standard InChI is InChI=1S/C15H12Cl2N4O2S/c16-11-1-3-13(22)9(5-11)7-18-20-15(24)21-19-8-10-6-12(17)2-4-14(10)23/h1-8,22-23H,(H2,20,21,24)/b18-7-,19-8+. The van der Waals surface area contributed by atoms with Crippen molar-refractivity contribution in [3.8, 4) is 11.5 Å². The van der Waals surface area contributed by atoms with Crippen LogP contribution in [0.2, 0.25) is 10.0 Å². The third-order valence-electron chi connectivity index (χ3n) is 2.72. The van der Waals surface area contributed by atoms with Gasteiger partial charge in [-0.1, -0.05) is 23.2 Å². The van der Waals surface area contributed by atoms with Crippen molar-refractivity contribution in [1.29, 1.82) is 0 Å². The van der Waals surface area contributed by atoms with Crippen LogP contribution in [0.3, 0.4) is 0 Å². The molecule has 2 aromatic rings. The molecule has 0 aliphatic rings. The summed E-state index contributed by atoms with van der Waals surface area (Å²) >= 11 is 16.6. The minimum atomic E-state index is 0.0401. The molecule has 0 atom stereocenters. The van der Waals surface area contributed by atoms with E-state index in [0.29, 0.717) is 21.2 Å². The first kappa shape index (κ1) is 18.0. The Labute approximate surface area is 153 Å². The van der Waals surface area contributed by atoms with Crippen molar-refractivity contribution < 1.29 is 10.2 Å². The average molecular weight is 383 g/mol. The SMILES string of the molecule is Oc1ccc(Cl)cc1/C=N\NC(=S)N/N=C/c1cc(Cl)ccc1O. The number of rotatable bonds is 4. The van der Waals surface area contributed by atoms with Gasteiger partial charge < -0.3 is 10.2 Å². The van der Waals surface area contributed by atoms with Gasteiger partial charge in [-0.25, -0.2) is 0 Å². The summed E-state index contributed by atoms with van der Waals surface area (Å²) in [4.78, 5) is 0. The first-order valence-electron chi connectivity index (χ1n) is 6.55. The molecule has 0 radical (unpaired) electrons. The number of phenolic OH excluding ortho intramolecular Hbond substituents is 2. The Bertz CT molecular complexity index is 747. The number of halogens is 2. The van der Waals surface area contributed by atoms with Crippen LogP contribution >= 0.6 is 35.4 Å². The molecule has 0 amide bonds. The fraction of sp³-hybridized carbons (Fsp3) is 0. The third kappa shape index (κ3) is 5.38. The van der Waals surface area contributed by atoms with Gasteiger partial charge in [-0.05, 0) is 48.6 Å². The van der Waals surface area contributed by atoms with E-state index >= 15 is 0 Å². The summed E-state index contributed by atoms with van der Waals surface area (Å²) in [7, 11) is 0. The fourth-order valence-corrected chi connectivity index (χ4v) is 2.07. The number of nitrogens with zero attached hydrogens (tertiary/aromatic N) is 2. The molecule has 0 saturated carbocycles. The number of benzene rings is 2. The molecule has 9 heteroatoms. The molecule has 6 nitrogen and oxygen atoms in total. The van der Waals surface area contributed by atoms with Crippen LogP contribution < -0.4 is 10.9 Å². The highest BCUT2D eigenvalue weighted by molar-refractivity contribution is 7.80. The van der Waals surface area contributed by atoms with Crippen molar-refractivity contribution >= 4 is 53.0 Å². The molecule has 124 valence electrons. The predicted molar refractivity (Wildman–Crippen MR) is 100 cm³/mol. The Balaban J connectivity index is 1.89. The number of thiocarbonyl (C=S) groups is 1. The molecule has 2 aromatic carbocycles. The first-order valence-corrected chi connectivity index (χ1v) is 7.71. The van der Waals surface area contributed by atoms with Crippen LogP contribution in [0, 0.1) is 0 Å². The lowest BCUT2D eigenvalue weighted by molar-refractivity contribution is 0.474. The molecule has 24 heavy (non-hydrogen) atoms. The smallest absolute Gasteiger partial charge is 0.207 e. The minimum absolute atomic E-state index is 0.0401. The molecule has 4 N–H and O–H groups in total. The number of hydrogen-bond acceptors (Lipinski definition) is 5.